The second kappa shape index (κ2) is 5.57. The maximum atomic E-state index is 12.1. The minimum Gasteiger partial charge on any atom is -0.376 e. The Morgan fingerprint density at radius 2 is 2.33 bits per heavy atom. The molecule has 0 bridgehead atoms. The minimum absolute atomic E-state index is 0.127. The van der Waals surface area contributed by atoms with Crippen LogP contribution in [0, 0.1) is 0 Å². The standard InChI is InChI=1S/C14H21N5O2/c1-4-10-8-21-9(2)6-19(10)7-12-16-13-11(14(20)17-12)5-15-18(13)3/h5,9-10H,4,6-8H2,1-3H3,(H,16,17,20)/t9-,10+/m0/s1. The molecule has 0 aliphatic carbocycles. The van der Waals surface area contributed by atoms with E-state index in [1.54, 1.807) is 17.9 Å². The molecule has 2 atom stereocenters. The summed E-state index contributed by atoms with van der Waals surface area (Å²) in [5, 5.41) is 4.62. The van der Waals surface area contributed by atoms with Gasteiger partial charge in [-0.25, -0.2) is 4.98 Å². The average molecular weight is 291 g/mol. The van der Waals surface area contributed by atoms with E-state index in [9.17, 15) is 4.79 Å². The Morgan fingerprint density at radius 3 is 3.10 bits per heavy atom. The predicted molar refractivity (Wildman–Crippen MR) is 79.0 cm³/mol. The fourth-order valence-electron chi connectivity index (χ4n) is 2.83. The molecule has 1 N–H and O–H groups in total. The van der Waals surface area contributed by atoms with Gasteiger partial charge in [-0.1, -0.05) is 6.92 Å². The number of rotatable bonds is 3. The Balaban J connectivity index is 1.89. The minimum atomic E-state index is -0.127. The van der Waals surface area contributed by atoms with Crippen LogP contribution in [-0.4, -0.2) is 49.9 Å². The van der Waals surface area contributed by atoms with Gasteiger partial charge < -0.3 is 9.72 Å². The van der Waals surface area contributed by atoms with Crippen molar-refractivity contribution < 1.29 is 4.74 Å². The third-order valence-corrected chi connectivity index (χ3v) is 4.06. The quantitative estimate of drug-likeness (QED) is 0.899. The summed E-state index contributed by atoms with van der Waals surface area (Å²) in [6.07, 6.45) is 2.78. The normalized spacial score (nSPS) is 23.8. The van der Waals surface area contributed by atoms with Crippen molar-refractivity contribution in [2.24, 2.45) is 7.05 Å². The SMILES string of the molecule is CC[C@@H]1CO[C@@H](C)CN1Cc1nc2c(cnn2C)c(=O)[nH]1. The summed E-state index contributed by atoms with van der Waals surface area (Å²) in [6, 6.07) is 0.369. The zero-order valence-electron chi connectivity index (χ0n) is 12.7. The Bertz CT molecular complexity index is 692. The Labute approximate surface area is 122 Å². The number of hydrogen-bond donors (Lipinski definition) is 1. The Morgan fingerprint density at radius 1 is 1.52 bits per heavy atom. The number of aryl methyl sites for hydroxylation is 1. The number of morpholine rings is 1. The maximum Gasteiger partial charge on any atom is 0.262 e. The largest absolute Gasteiger partial charge is 0.376 e. The first-order valence-electron chi connectivity index (χ1n) is 7.35. The number of nitrogens with zero attached hydrogens (tertiary/aromatic N) is 4. The fourth-order valence-corrected chi connectivity index (χ4v) is 2.83. The molecule has 2 aromatic rings. The highest BCUT2D eigenvalue weighted by molar-refractivity contribution is 5.72. The van der Waals surface area contributed by atoms with Gasteiger partial charge in [0.1, 0.15) is 11.2 Å². The lowest BCUT2D eigenvalue weighted by Crippen LogP contribution is -2.48. The highest BCUT2D eigenvalue weighted by atomic mass is 16.5. The van der Waals surface area contributed by atoms with Crippen molar-refractivity contribution in [3.05, 3.63) is 22.4 Å². The topological polar surface area (TPSA) is 76.0 Å². The smallest absolute Gasteiger partial charge is 0.262 e. The third kappa shape index (κ3) is 2.71. The van der Waals surface area contributed by atoms with Gasteiger partial charge in [-0.2, -0.15) is 5.10 Å². The van der Waals surface area contributed by atoms with E-state index in [-0.39, 0.29) is 11.7 Å². The number of aromatic nitrogens is 4. The molecular weight excluding hydrogens is 270 g/mol. The van der Waals surface area contributed by atoms with E-state index in [0.29, 0.717) is 29.4 Å². The molecule has 0 saturated carbocycles. The van der Waals surface area contributed by atoms with Gasteiger partial charge in [-0.3, -0.25) is 14.4 Å². The third-order valence-electron chi connectivity index (χ3n) is 4.06. The van der Waals surface area contributed by atoms with Crippen LogP contribution in [0.25, 0.3) is 11.0 Å². The van der Waals surface area contributed by atoms with Crippen LogP contribution < -0.4 is 5.56 Å². The van der Waals surface area contributed by atoms with Crippen LogP contribution in [0.1, 0.15) is 26.1 Å². The summed E-state index contributed by atoms with van der Waals surface area (Å²) in [5.74, 6) is 0.684. The van der Waals surface area contributed by atoms with Gasteiger partial charge in [-0.15, -0.1) is 0 Å². The summed E-state index contributed by atoms with van der Waals surface area (Å²) < 4.78 is 7.33. The number of aromatic amines is 1. The van der Waals surface area contributed by atoms with Gasteiger partial charge in [-0.05, 0) is 13.3 Å². The maximum absolute atomic E-state index is 12.1. The molecule has 0 amide bonds. The number of nitrogens with one attached hydrogen (secondary N) is 1. The van der Waals surface area contributed by atoms with Crippen LogP contribution in [0.3, 0.4) is 0 Å². The van der Waals surface area contributed by atoms with Crippen molar-refractivity contribution in [2.45, 2.75) is 39.0 Å². The highest BCUT2D eigenvalue weighted by Gasteiger charge is 2.26. The van der Waals surface area contributed by atoms with Crippen molar-refractivity contribution in [3.8, 4) is 0 Å². The van der Waals surface area contributed by atoms with Gasteiger partial charge in [0, 0.05) is 19.6 Å². The molecule has 3 rings (SSSR count). The lowest BCUT2D eigenvalue weighted by Gasteiger charge is -2.37. The number of hydrogen-bond acceptors (Lipinski definition) is 5. The van der Waals surface area contributed by atoms with Crippen molar-refractivity contribution in [2.75, 3.05) is 13.2 Å². The van der Waals surface area contributed by atoms with E-state index in [0.717, 1.165) is 19.6 Å². The Hall–Kier alpha value is -1.73. The second-order valence-corrected chi connectivity index (χ2v) is 5.65. The fraction of sp³-hybridized carbons (Fsp3) is 0.643. The summed E-state index contributed by atoms with van der Waals surface area (Å²) in [5.41, 5.74) is 0.501. The van der Waals surface area contributed by atoms with Crippen LogP contribution in [0.4, 0.5) is 0 Å². The van der Waals surface area contributed by atoms with E-state index in [1.165, 1.54) is 0 Å². The van der Waals surface area contributed by atoms with Crippen molar-refractivity contribution in [3.63, 3.8) is 0 Å². The first-order chi connectivity index (χ1) is 10.1. The van der Waals surface area contributed by atoms with Gasteiger partial charge in [0.2, 0.25) is 0 Å². The van der Waals surface area contributed by atoms with Gasteiger partial charge >= 0.3 is 0 Å². The van der Waals surface area contributed by atoms with Crippen LogP contribution in [-0.2, 0) is 18.3 Å². The number of H-pyrrole nitrogens is 1. The lowest BCUT2D eigenvalue weighted by molar-refractivity contribution is -0.0600. The monoisotopic (exact) mass is 291 g/mol. The summed E-state index contributed by atoms with van der Waals surface area (Å²) >= 11 is 0. The van der Waals surface area contributed by atoms with E-state index in [2.05, 4.69) is 33.8 Å². The summed E-state index contributed by atoms with van der Waals surface area (Å²) in [7, 11) is 1.80. The Kier molecular flexibility index (Phi) is 3.77. The van der Waals surface area contributed by atoms with Crippen LogP contribution in [0.15, 0.2) is 11.0 Å². The number of ether oxygens (including phenoxy) is 1. The molecule has 7 nitrogen and oxygen atoms in total. The molecule has 1 aliphatic rings. The zero-order valence-corrected chi connectivity index (χ0v) is 12.7. The van der Waals surface area contributed by atoms with Gasteiger partial charge in [0.25, 0.3) is 5.56 Å². The molecule has 1 saturated heterocycles. The van der Waals surface area contributed by atoms with Crippen LogP contribution >= 0.6 is 0 Å². The van der Waals surface area contributed by atoms with Crippen LogP contribution in [0.5, 0.6) is 0 Å². The van der Waals surface area contributed by atoms with Gasteiger partial charge in [0.15, 0.2) is 5.65 Å². The first kappa shape index (κ1) is 14.2. The molecule has 2 aromatic heterocycles. The highest BCUT2D eigenvalue weighted by Crippen LogP contribution is 2.16. The summed E-state index contributed by atoms with van der Waals surface area (Å²) in [4.78, 5) is 21.8. The van der Waals surface area contributed by atoms with E-state index < -0.39 is 0 Å². The van der Waals surface area contributed by atoms with E-state index in [1.807, 2.05) is 0 Å². The molecule has 0 spiro atoms. The summed E-state index contributed by atoms with van der Waals surface area (Å²) in [6.45, 7) is 6.43. The molecule has 0 aromatic carbocycles. The van der Waals surface area contributed by atoms with Crippen LogP contribution in [0.2, 0.25) is 0 Å². The molecule has 1 aliphatic heterocycles. The van der Waals surface area contributed by atoms with E-state index >= 15 is 0 Å². The first-order valence-corrected chi connectivity index (χ1v) is 7.35. The zero-order chi connectivity index (χ0) is 15.0. The van der Waals surface area contributed by atoms with Crippen molar-refractivity contribution >= 4 is 11.0 Å². The molecule has 7 heteroatoms. The molecule has 0 radical (unpaired) electrons. The molecule has 114 valence electrons. The predicted octanol–water partition coefficient (Wildman–Crippen LogP) is 0.656. The molecular formula is C14H21N5O2. The van der Waals surface area contributed by atoms with Crippen molar-refractivity contribution in [1.29, 1.82) is 0 Å². The lowest BCUT2D eigenvalue weighted by atomic mass is 10.1. The average Bonchev–Trinajstić information content (AvgIpc) is 2.81. The van der Waals surface area contributed by atoms with E-state index in [4.69, 9.17) is 4.74 Å². The van der Waals surface area contributed by atoms with Gasteiger partial charge in [0.05, 0.1) is 25.5 Å². The number of fused-ring (bicyclic) bond motifs is 1. The van der Waals surface area contributed by atoms with Crippen molar-refractivity contribution in [1.82, 2.24) is 24.6 Å². The molecule has 1 fully saturated rings. The second-order valence-electron chi connectivity index (χ2n) is 5.65. The molecule has 0 unspecified atom stereocenters. The molecule has 21 heavy (non-hydrogen) atoms. The molecule has 3 heterocycles.